The Bertz CT molecular complexity index is 459. The maximum absolute atomic E-state index is 12.0. The first-order chi connectivity index (χ1) is 10.1. The molecule has 1 saturated heterocycles. The van der Waals surface area contributed by atoms with Crippen LogP contribution in [-0.4, -0.2) is 62.2 Å². The summed E-state index contributed by atoms with van der Waals surface area (Å²) >= 11 is 0. The van der Waals surface area contributed by atoms with Gasteiger partial charge in [-0.15, -0.1) is 0 Å². The third-order valence-electron chi connectivity index (χ3n) is 3.40. The predicted molar refractivity (Wildman–Crippen MR) is 82.6 cm³/mol. The molecule has 1 amide bonds. The summed E-state index contributed by atoms with van der Waals surface area (Å²) in [5, 5.41) is 6.13. The van der Waals surface area contributed by atoms with Gasteiger partial charge < -0.3 is 20.3 Å². The molecule has 1 aromatic rings. The van der Waals surface area contributed by atoms with E-state index in [4.69, 9.17) is 4.74 Å². The quantitative estimate of drug-likeness (QED) is 0.784. The molecule has 0 radical (unpaired) electrons. The molecule has 1 aliphatic heterocycles. The summed E-state index contributed by atoms with van der Waals surface area (Å²) in [5.74, 6) is 0.644. The number of ether oxygens (including phenoxy) is 1. The van der Waals surface area contributed by atoms with Crippen molar-refractivity contribution in [2.75, 3.05) is 45.7 Å². The molecule has 0 spiro atoms. The summed E-state index contributed by atoms with van der Waals surface area (Å²) in [6.07, 6.45) is 4.11. The van der Waals surface area contributed by atoms with Crippen LogP contribution in [0.2, 0.25) is 0 Å². The van der Waals surface area contributed by atoms with Gasteiger partial charge in [-0.1, -0.05) is 0 Å². The van der Waals surface area contributed by atoms with E-state index >= 15 is 0 Å². The minimum absolute atomic E-state index is 0.0700. The lowest BCUT2D eigenvalue weighted by Gasteiger charge is -2.12. The van der Waals surface area contributed by atoms with Crippen molar-refractivity contribution in [3.63, 3.8) is 0 Å². The molecule has 2 heterocycles. The van der Waals surface area contributed by atoms with Gasteiger partial charge in [0.1, 0.15) is 5.82 Å². The number of amides is 1. The van der Waals surface area contributed by atoms with Crippen molar-refractivity contribution in [3.05, 3.63) is 23.9 Å². The van der Waals surface area contributed by atoms with Crippen molar-refractivity contribution in [2.24, 2.45) is 0 Å². The van der Waals surface area contributed by atoms with E-state index in [2.05, 4.69) is 15.6 Å². The van der Waals surface area contributed by atoms with Gasteiger partial charge in [0.15, 0.2) is 0 Å². The van der Waals surface area contributed by atoms with Gasteiger partial charge in [-0.3, -0.25) is 4.79 Å². The summed E-state index contributed by atoms with van der Waals surface area (Å²) in [5.41, 5.74) is 0.624. The zero-order valence-electron chi connectivity index (χ0n) is 12.8. The Hall–Kier alpha value is -1.66. The maximum Gasteiger partial charge on any atom is 0.251 e. The molecule has 0 saturated carbocycles. The number of hydrogen-bond acceptors (Lipinski definition) is 5. The van der Waals surface area contributed by atoms with E-state index in [-0.39, 0.29) is 12.0 Å². The second-order valence-corrected chi connectivity index (χ2v) is 5.50. The number of nitrogens with zero attached hydrogens (tertiary/aromatic N) is 2. The number of anilines is 1. The molecule has 0 bridgehead atoms. The largest absolute Gasteiger partial charge is 0.376 e. The number of likely N-dealkylation sites (N-methyl/N-ethyl adjacent to an activating group) is 1. The van der Waals surface area contributed by atoms with E-state index in [1.807, 2.05) is 19.0 Å². The Morgan fingerprint density at radius 2 is 2.38 bits per heavy atom. The SMILES string of the molecule is CN(C)CCNC(=O)c1ccnc(NCC2CCCO2)c1. The van der Waals surface area contributed by atoms with Crippen LogP contribution in [0, 0.1) is 0 Å². The highest BCUT2D eigenvalue weighted by atomic mass is 16.5. The molecular formula is C15H24N4O2. The second kappa shape index (κ2) is 7.95. The van der Waals surface area contributed by atoms with Crippen molar-refractivity contribution in [3.8, 4) is 0 Å². The topological polar surface area (TPSA) is 66.5 Å². The van der Waals surface area contributed by atoms with Crippen LogP contribution in [0.3, 0.4) is 0 Å². The highest BCUT2D eigenvalue weighted by molar-refractivity contribution is 5.94. The fourth-order valence-corrected chi connectivity index (χ4v) is 2.19. The second-order valence-electron chi connectivity index (χ2n) is 5.50. The normalized spacial score (nSPS) is 18.0. The van der Waals surface area contributed by atoms with Crippen molar-refractivity contribution >= 4 is 11.7 Å². The number of pyridine rings is 1. The average molecular weight is 292 g/mol. The molecule has 116 valence electrons. The van der Waals surface area contributed by atoms with Gasteiger partial charge in [0.05, 0.1) is 6.10 Å². The monoisotopic (exact) mass is 292 g/mol. The number of nitrogens with one attached hydrogen (secondary N) is 2. The minimum atomic E-state index is -0.0700. The zero-order valence-corrected chi connectivity index (χ0v) is 12.8. The van der Waals surface area contributed by atoms with Crippen molar-refractivity contribution in [1.29, 1.82) is 0 Å². The Morgan fingerprint density at radius 3 is 3.10 bits per heavy atom. The summed E-state index contributed by atoms with van der Waals surface area (Å²) in [6, 6.07) is 3.50. The zero-order chi connectivity index (χ0) is 15.1. The molecule has 1 unspecified atom stereocenters. The van der Waals surface area contributed by atoms with Crippen LogP contribution < -0.4 is 10.6 Å². The van der Waals surface area contributed by atoms with Crippen molar-refractivity contribution in [1.82, 2.24) is 15.2 Å². The van der Waals surface area contributed by atoms with E-state index in [1.54, 1.807) is 18.3 Å². The fourth-order valence-electron chi connectivity index (χ4n) is 2.19. The molecule has 21 heavy (non-hydrogen) atoms. The molecule has 6 nitrogen and oxygen atoms in total. The van der Waals surface area contributed by atoms with E-state index in [0.29, 0.717) is 17.9 Å². The summed E-state index contributed by atoms with van der Waals surface area (Å²) in [7, 11) is 3.96. The molecule has 0 aliphatic carbocycles. The highest BCUT2D eigenvalue weighted by Gasteiger charge is 2.15. The van der Waals surface area contributed by atoms with Crippen LogP contribution in [0.4, 0.5) is 5.82 Å². The predicted octanol–water partition coefficient (Wildman–Crippen LogP) is 0.964. The van der Waals surface area contributed by atoms with Crippen LogP contribution in [0.1, 0.15) is 23.2 Å². The first-order valence-corrected chi connectivity index (χ1v) is 7.39. The number of rotatable bonds is 7. The third kappa shape index (κ3) is 5.32. The molecular weight excluding hydrogens is 268 g/mol. The van der Waals surface area contributed by atoms with Gasteiger partial charge in [-0.05, 0) is 39.1 Å². The smallest absolute Gasteiger partial charge is 0.251 e. The van der Waals surface area contributed by atoms with Crippen molar-refractivity contribution in [2.45, 2.75) is 18.9 Å². The Kier molecular flexibility index (Phi) is 5.95. The first kappa shape index (κ1) is 15.7. The Labute approximate surface area is 125 Å². The Balaban J connectivity index is 1.82. The maximum atomic E-state index is 12.0. The first-order valence-electron chi connectivity index (χ1n) is 7.39. The van der Waals surface area contributed by atoms with Crippen LogP contribution >= 0.6 is 0 Å². The molecule has 2 N–H and O–H groups in total. The third-order valence-corrected chi connectivity index (χ3v) is 3.40. The Morgan fingerprint density at radius 1 is 1.52 bits per heavy atom. The van der Waals surface area contributed by atoms with Crippen LogP contribution in [0.5, 0.6) is 0 Å². The molecule has 1 fully saturated rings. The number of hydrogen-bond donors (Lipinski definition) is 2. The lowest BCUT2D eigenvalue weighted by Crippen LogP contribution is -2.31. The van der Waals surface area contributed by atoms with Gasteiger partial charge in [0.25, 0.3) is 5.91 Å². The van der Waals surface area contributed by atoms with E-state index < -0.39 is 0 Å². The molecule has 0 aromatic carbocycles. The van der Waals surface area contributed by atoms with Crippen LogP contribution in [-0.2, 0) is 4.74 Å². The van der Waals surface area contributed by atoms with Gasteiger partial charge >= 0.3 is 0 Å². The van der Waals surface area contributed by atoms with Gasteiger partial charge in [0.2, 0.25) is 0 Å². The number of carbonyl (C=O) groups excluding carboxylic acids is 1. The summed E-state index contributed by atoms with van der Waals surface area (Å²) in [4.78, 5) is 18.3. The number of carbonyl (C=O) groups is 1. The van der Waals surface area contributed by atoms with E-state index in [1.165, 1.54) is 0 Å². The standard InChI is InChI=1S/C15H24N4O2/c1-19(2)8-7-17-15(20)12-5-6-16-14(10-12)18-11-13-4-3-9-21-13/h5-6,10,13H,3-4,7-9,11H2,1-2H3,(H,16,18)(H,17,20). The fraction of sp³-hybridized carbons (Fsp3) is 0.600. The molecule has 1 aromatic heterocycles. The van der Waals surface area contributed by atoms with E-state index in [9.17, 15) is 4.79 Å². The summed E-state index contributed by atoms with van der Waals surface area (Å²) < 4.78 is 5.55. The molecule has 6 heteroatoms. The molecule has 1 atom stereocenters. The highest BCUT2D eigenvalue weighted by Crippen LogP contribution is 2.13. The van der Waals surface area contributed by atoms with Gasteiger partial charge in [0, 0.05) is 38.0 Å². The van der Waals surface area contributed by atoms with Crippen LogP contribution in [0.15, 0.2) is 18.3 Å². The van der Waals surface area contributed by atoms with Crippen molar-refractivity contribution < 1.29 is 9.53 Å². The van der Waals surface area contributed by atoms with Crippen LogP contribution in [0.25, 0.3) is 0 Å². The minimum Gasteiger partial charge on any atom is -0.376 e. The number of aromatic nitrogens is 1. The summed E-state index contributed by atoms with van der Waals surface area (Å²) in [6.45, 7) is 3.03. The average Bonchev–Trinajstić information content (AvgIpc) is 2.98. The molecule has 2 rings (SSSR count). The molecule has 1 aliphatic rings. The van der Waals surface area contributed by atoms with E-state index in [0.717, 1.165) is 32.5 Å². The lowest BCUT2D eigenvalue weighted by atomic mass is 10.2. The lowest BCUT2D eigenvalue weighted by molar-refractivity contribution is 0.0951. The van der Waals surface area contributed by atoms with Gasteiger partial charge in [-0.25, -0.2) is 4.98 Å². The van der Waals surface area contributed by atoms with Gasteiger partial charge in [-0.2, -0.15) is 0 Å².